The molecular formula is C10H13FO. The van der Waals surface area contributed by atoms with Crippen molar-refractivity contribution < 1.29 is 9.13 Å². The molecule has 1 aromatic carbocycles. The van der Waals surface area contributed by atoms with E-state index < -0.39 is 0 Å². The van der Waals surface area contributed by atoms with Crippen molar-refractivity contribution in [1.82, 2.24) is 0 Å². The van der Waals surface area contributed by atoms with Gasteiger partial charge in [0.1, 0.15) is 0 Å². The molecule has 0 aromatic heterocycles. The van der Waals surface area contributed by atoms with E-state index in [0.717, 1.165) is 12.0 Å². The van der Waals surface area contributed by atoms with Crippen LogP contribution in [0.15, 0.2) is 18.2 Å². The molecule has 0 saturated heterocycles. The number of aryl methyl sites for hydroxylation is 1. The van der Waals surface area contributed by atoms with Crippen LogP contribution in [0.4, 0.5) is 4.39 Å². The molecule has 66 valence electrons. The van der Waals surface area contributed by atoms with Gasteiger partial charge >= 0.3 is 0 Å². The molecule has 1 rings (SSSR count). The maximum atomic E-state index is 13.0. The third-order valence-electron chi connectivity index (χ3n) is 1.70. The van der Waals surface area contributed by atoms with Gasteiger partial charge in [0.15, 0.2) is 11.6 Å². The highest BCUT2D eigenvalue weighted by Gasteiger charge is 2.02. The Morgan fingerprint density at radius 2 is 2.08 bits per heavy atom. The molecular weight excluding hydrogens is 155 g/mol. The molecule has 1 aromatic rings. The molecule has 1 nitrogen and oxygen atoms in total. The number of hydrogen-bond acceptors (Lipinski definition) is 1. The lowest BCUT2D eigenvalue weighted by molar-refractivity contribution is 0.321. The highest BCUT2D eigenvalue weighted by Crippen LogP contribution is 2.18. The lowest BCUT2D eigenvalue weighted by Crippen LogP contribution is -1.95. The first-order chi connectivity index (χ1) is 5.77. The van der Waals surface area contributed by atoms with E-state index in [2.05, 4.69) is 0 Å². The summed E-state index contributed by atoms with van der Waals surface area (Å²) in [7, 11) is 0. The van der Waals surface area contributed by atoms with Crippen LogP contribution >= 0.6 is 0 Å². The molecule has 0 unspecified atom stereocenters. The van der Waals surface area contributed by atoms with E-state index in [1.54, 1.807) is 12.1 Å². The molecule has 0 N–H and O–H groups in total. The van der Waals surface area contributed by atoms with E-state index in [9.17, 15) is 4.39 Å². The zero-order valence-corrected chi connectivity index (χ0v) is 7.43. The van der Waals surface area contributed by atoms with Crippen molar-refractivity contribution in [3.05, 3.63) is 29.6 Å². The monoisotopic (exact) mass is 168 g/mol. The number of halogens is 1. The van der Waals surface area contributed by atoms with Gasteiger partial charge in [-0.2, -0.15) is 0 Å². The molecule has 0 amide bonds. The van der Waals surface area contributed by atoms with Crippen molar-refractivity contribution in [2.24, 2.45) is 0 Å². The van der Waals surface area contributed by atoms with E-state index in [1.807, 2.05) is 13.8 Å². The normalized spacial score (nSPS) is 9.92. The number of hydrogen-bond donors (Lipinski definition) is 0. The Hall–Kier alpha value is -1.05. The molecule has 0 saturated carbocycles. The predicted molar refractivity (Wildman–Crippen MR) is 46.9 cm³/mol. The topological polar surface area (TPSA) is 9.23 Å². The van der Waals surface area contributed by atoms with Gasteiger partial charge < -0.3 is 4.74 Å². The highest BCUT2D eigenvalue weighted by atomic mass is 19.1. The van der Waals surface area contributed by atoms with Gasteiger partial charge in [-0.1, -0.05) is 13.0 Å². The summed E-state index contributed by atoms with van der Waals surface area (Å²) >= 11 is 0. The Labute approximate surface area is 72.2 Å². The average molecular weight is 168 g/mol. The van der Waals surface area contributed by atoms with Gasteiger partial charge in [-0.05, 0) is 31.0 Å². The van der Waals surface area contributed by atoms with E-state index in [1.165, 1.54) is 6.07 Å². The molecule has 0 radical (unpaired) electrons. The van der Waals surface area contributed by atoms with Gasteiger partial charge in [0.2, 0.25) is 0 Å². The minimum absolute atomic E-state index is 0.283. The summed E-state index contributed by atoms with van der Waals surface area (Å²) in [5, 5.41) is 0. The fraction of sp³-hybridized carbons (Fsp3) is 0.400. The molecule has 0 atom stereocenters. The molecule has 0 heterocycles. The fourth-order valence-electron chi connectivity index (χ4n) is 1.03. The van der Waals surface area contributed by atoms with Crippen molar-refractivity contribution in [2.75, 3.05) is 6.61 Å². The summed E-state index contributed by atoms with van der Waals surface area (Å²) in [5.74, 6) is 0.0749. The second-order valence-corrected chi connectivity index (χ2v) is 2.55. The van der Waals surface area contributed by atoms with E-state index in [0.29, 0.717) is 12.4 Å². The zero-order chi connectivity index (χ0) is 8.97. The fourth-order valence-corrected chi connectivity index (χ4v) is 1.03. The second kappa shape index (κ2) is 4.10. The Bertz CT molecular complexity index is 258. The van der Waals surface area contributed by atoms with E-state index in [-0.39, 0.29) is 5.82 Å². The minimum Gasteiger partial charge on any atom is -0.491 e. The van der Waals surface area contributed by atoms with Crippen LogP contribution in [-0.4, -0.2) is 6.61 Å². The molecule has 0 aliphatic heterocycles. The summed E-state index contributed by atoms with van der Waals surface area (Å²) in [5.41, 5.74) is 1.10. The number of ether oxygens (including phenoxy) is 1. The summed E-state index contributed by atoms with van der Waals surface area (Å²) < 4.78 is 18.1. The lowest BCUT2D eigenvalue weighted by Gasteiger charge is -2.05. The zero-order valence-electron chi connectivity index (χ0n) is 7.43. The van der Waals surface area contributed by atoms with Gasteiger partial charge in [-0.15, -0.1) is 0 Å². The summed E-state index contributed by atoms with van der Waals surface area (Å²) in [4.78, 5) is 0. The van der Waals surface area contributed by atoms with E-state index in [4.69, 9.17) is 4.74 Å². The van der Waals surface area contributed by atoms with Crippen LogP contribution in [-0.2, 0) is 6.42 Å². The lowest BCUT2D eigenvalue weighted by atomic mass is 10.1. The summed E-state index contributed by atoms with van der Waals surface area (Å²) in [6, 6.07) is 4.97. The Morgan fingerprint density at radius 3 is 2.67 bits per heavy atom. The molecule has 12 heavy (non-hydrogen) atoms. The second-order valence-electron chi connectivity index (χ2n) is 2.55. The van der Waals surface area contributed by atoms with Crippen LogP contribution in [0.25, 0.3) is 0 Å². The first-order valence-electron chi connectivity index (χ1n) is 4.19. The Kier molecular flexibility index (Phi) is 3.09. The van der Waals surface area contributed by atoms with Crippen LogP contribution in [0, 0.1) is 5.82 Å². The Balaban J connectivity index is 2.91. The first-order valence-corrected chi connectivity index (χ1v) is 4.19. The van der Waals surface area contributed by atoms with Gasteiger partial charge in [0, 0.05) is 0 Å². The third-order valence-corrected chi connectivity index (χ3v) is 1.70. The highest BCUT2D eigenvalue weighted by molar-refractivity contribution is 5.30. The molecule has 0 bridgehead atoms. The maximum absolute atomic E-state index is 13.0. The van der Waals surface area contributed by atoms with Crippen molar-refractivity contribution in [3.63, 3.8) is 0 Å². The van der Waals surface area contributed by atoms with Gasteiger partial charge in [0.25, 0.3) is 0 Å². The first kappa shape index (κ1) is 9.04. The van der Waals surface area contributed by atoms with Gasteiger partial charge in [-0.3, -0.25) is 0 Å². The standard InChI is InChI=1S/C10H13FO/c1-3-8-5-6-9(11)10(7-8)12-4-2/h5-7H,3-4H2,1-2H3. The molecule has 0 spiro atoms. The molecule has 0 aliphatic carbocycles. The molecule has 0 fully saturated rings. The third kappa shape index (κ3) is 1.97. The summed E-state index contributed by atoms with van der Waals surface area (Å²) in [6.45, 7) is 4.38. The van der Waals surface area contributed by atoms with E-state index >= 15 is 0 Å². The Morgan fingerprint density at radius 1 is 1.33 bits per heavy atom. The smallest absolute Gasteiger partial charge is 0.165 e. The minimum atomic E-state index is -0.283. The predicted octanol–water partition coefficient (Wildman–Crippen LogP) is 2.79. The van der Waals surface area contributed by atoms with Crippen LogP contribution in [0.3, 0.4) is 0 Å². The van der Waals surface area contributed by atoms with Crippen LogP contribution in [0.5, 0.6) is 5.75 Å². The number of rotatable bonds is 3. The summed E-state index contributed by atoms with van der Waals surface area (Å²) in [6.07, 6.45) is 0.903. The van der Waals surface area contributed by atoms with Crippen molar-refractivity contribution in [3.8, 4) is 5.75 Å². The van der Waals surface area contributed by atoms with Crippen molar-refractivity contribution in [1.29, 1.82) is 0 Å². The molecule has 2 heteroatoms. The van der Waals surface area contributed by atoms with Crippen molar-refractivity contribution in [2.45, 2.75) is 20.3 Å². The average Bonchev–Trinajstić information content (AvgIpc) is 2.09. The van der Waals surface area contributed by atoms with Crippen molar-refractivity contribution >= 4 is 0 Å². The maximum Gasteiger partial charge on any atom is 0.165 e. The van der Waals surface area contributed by atoms with Crippen LogP contribution in [0.1, 0.15) is 19.4 Å². The van der Waals surface area contributed by atoms with Crippen LogP contribution in [0.2, 0.25) is 0 Å². The SMILES string of the molecule is CCOc1cc(CC)ccc1F. The largest absolute Gasteiger partial charge is 0.491 e. The van der Waals surface area contributed by atoms with Crippen LogP contribution < -0.4 is 4.74 Å². The van der Waals surface area contributed by atoms with Gasteiger partial charge in [-0.25, -0.2) is 4.39 Å². The molecule has 0 aliphatic rings. The quantitative estimate of drug-likeness (QED) is 0.674. The van der Waals surface area contributed by atoms with Gasteiger partial charge in [0.05, 0.1) is 6.61 Å². The number of benzene rings is 1.